The lowest BCUT2D eigenvalue weighted by Gasteiger charge is -2.32. The van der Waals surface area contributed by atoms with Gasteiger partial charge in [0.1, 0.15) is 0 Å². The van der Waals surface area contributed by atoms with Crippen LogP contribution in [0.2, 0.25) is 0 Å². The molecule has 0 radical (unpaired) electrons. The number of sulfonamides is 1. The van der Waals surface area contributed by atoms with Crippen molar-refractivity contribution in [3.05, 3.63) is 22.4 Å². The molecule has 2 rings (SSSR count). The third-order valence-electron chi connectivity index (χ3n) is 3.89. The second-order valence-corrected chi connectivity index (χ2v) is 8.56. The van der Waals surface area contributed by atoms with E-state index in [1.165, 1.54) is 4.88 Å². The summed E-state index contributed by atoms with van der Waals surface area (Å²) in [5, 5.41) is 8.30. The number of guanidine groups is 1. The highest BCUT2D eigenvalue weighted by atomic mass is 32.2. The summed E-state index contributed by atoms with van der Waals surface area (Å²) in [4.78, 5) is 5.34. The highest BCUT2D eigenvalue weighted by Crippen LogP contribution is 2.28. The fourth-order valence-corrected chi connectivity index (χ4v) is 4.23. The number of hydrogen-bond acceptors (Lipinski definition) is 4. The van der Waals surface area contributed by atoms with Crippen LogP contribution < -0.4 is 10.6 Å². The Morgan fingerprint density at radius 2 is 2.08 bits per heavy atom. The molecule has 1 saturated heterocycles. The van der Waals surface area contributed by atoms with Gasteiger partial charge in [0.2, 0.25) is 0 Å². The molecule has 0 bridgehead atoms. The van der Waals surface area contributed by atoms with Crippen LogP contribution in [0.15, 0.2) is 22.5 Å². The number of halogens is 3. The van der Waals surface area contributed by atoms with Gasteiger partial charge in [0.05, 0.1) is 0 Å². The standard InChI is InChI=1S/C14H21F3N4O2S2/c1-18-13(19-7-4-12-3-2-10-24-12)20-11-5-8-21(9-6-11)25(22,23)14(15,16)17/h2-3,10-11H,4-9H2,1H3,(H2,18,19,20). The summed E-state index contributed by atoms with van der Waals surface area (Å²) >= 11 is 1.67. The second kappa shape index (κ2) is 8.37. The van der Waals surface area contributed by atoms with Crippen molar-refractivity contribution >= 4 is 27.3 Å². The SMILES string of the molecule is CN=C(NCCc1cccs1)NC1CCN(S(=O)(=O)C(F)(F)F)CC1. The van der Waals surface area contributed by atoms with Crippen molar-refractivity contribution in [2.75, 3.05) is 26.7 Å². The van der Waals surface area contributed by atoms with E-state index < -0.39 is 15.5 Å². The maximum Gasteiger partial charge on any atom is 0.511 e. The topological polar surface area (TPSA) is 73.8 Å². The molecule has 2 N–H and O–H groups in total. The van der Waals surface area contributed by atoms with Gasteiger partial charge in [-0.15, -0.1) is 11.3 Å². The lowest BCUT2D eigenvalue weighted by Crippen LogP contribution is -2.51. The Morgan fingerprint density at radius 3 is 2.60 bits per heavy atom. The average Bonchev–Trinajstić information content (AvgIpc) is 3.06. The Kier molecular flexibility index (Phi) is 6.69. The third kappa shape index (κ3) is 5.32. The van der Waals surface area contributed by atoms with Crippen LogP contribution in [-0.2, 0) is 16.4 Å². The van der Waals surface area contributed by atoms with Crippen LogP contribution >= 0.6 is 11.3 Å². The number of rotatable bonds is 5. The molecule has 0 atom stereocenters. The van der Waals surface area contributed by atoms with Crippen LogP contribution in [0.4, 0.5) is 13.2 Å². The van der Waals surface area contributed by atoms with Crippen molar-refractivity contribution < 1.29 is 21.6 Å². The van der Waals surface area contributed by atoms with E-state index in [0.29, 0.717) is 29.7 Å². The highest BCUT2D eigenvalue weighted by molar-refractivity contribution is 7.90. The van der Waals surface area contributed by atoms with Gasteiger partial charge in [0.25, 0.3) is 0 Å². The zero-order valence-corrected chi connectivity index (χ0v) is 15.3. The van der Waals surface area contributed by atoms with Crippen molar-refractivity contribution in [3.8, 4) is 0 Å². The van der Waals surface area contributed by atoms with Gasteiger partial charge < -0.3 is 10.6 Å². The summed E-state index contributed by atoms with van der Waals surface area (Å²) in [5.41, 5.74) is -5.24. The van der Waals surface area contributed by atoms with Gasteiger partial charge in [-0.1, -0.05) is 6.07 Å². The highest BCUT2D eigenvalue weighted by Gasteiger charge is 2.50. The van der Waals surface area contributed by atoms with Gasteiger partial charge in [0, 0.05) is 37.6 Å². The smallest absolute Gasteiger partial charge is 0.356 e. The molecule has 2 heterocycles. The molecule has 0 amide bonds. The van der Waals surface area contributed by atoms with Crippen LogP contribution in [0.3, 0.4) is 0 Å². The summed E-state index contributed by atoms with van der Waals surface area (Å²) in [6.45, 7) is 0.360. The van der Waals surface area contributed by atoms with Crippen LogP contribution in [0.25, 0.3) is 0 Å². The van der Waals surface area contributed by atoms with E-state index in [4.69, 9.17) is 0 Å². The summed E-state index contributed by atoms with van der Waals surface area (Å²) < 4.78 is 61.0. The second-order valence-electron chi connectivity index (χ2n) is 5.60. The first-order chi connectivity index (χ1) is 11.7. The van der Waals surface area contributed by atoms with Crippen molar-refractivity contribution in [1.29, 1.82) is 0 Å². The normalized spacial score (nSPS) is 18.3. The Hall–Kier alpha value is -1.33. The van der Waals surface area contributed by atoms with Crippen molar-refractivity contribution in [1.82, 2.24) is 14.9 Å². The predicted octanol–water partition coefficient (Wildman–Crippen LogP) is 1.77. The fraction of sp³-hybridized carbons (Fsp3) is 0.643. The van der Waals surface area contributed by atoms with Crippen molar-refractivity contribution in [2.45, 2.75) is 30.8 Å². The first-order valence-corrected chi connectivity index (χ1v) is 10.1. The van der Waals surface area contributed by atoms with E-state index in [0.717, 1.165) is 6.42 Å². The summed E-state index contributed by atoms with van der Waals surface area (Å²) in [6.07, 6.45) is 1.43. The molecule has 11 heteroatoms. The number of nitrogens with zero attached hydrogens (tertiary/aromatic N) is 2. The summed E-state index contributed by atoms with van der Waals surface area (Å²) in [7, 11) is -3.62. The van der Waals surface area contributed by atoms with Gasteiger partial charge in [0.15, 0.2) is 5.96 Å². The van der Waals surface area contributed by atoms with Gasteiger partial charge in [-0.25, -0.2) is 8.42 Å². The number of aliphatic imine (C=N–C) groups is 1. The van der Waals surface area contributed by atoms with Crippen molar-refractivity contribution in [2.24, 2.45) is 4.99 Å². The van der Waals surface area contributed by atoms with Crippen molar-refractivity contribution in [3.63, 3.8) is 0 Å². The maximum absolute atomic E-state index is 12.6. The molecule has 0 aliphatic carbocycles. The molecule has 0 saturated carbocycles. The zero-order valence-electron chi connectivity index (χ0n) is 13.7. The maximum atomic E-state index is 12.6. The molecule has 6 nitrogen and oxygen atoms in total. The zero-order chi connectivity index (χ0) is 18.5. The van der Waals surface area contributed by atoms with E-state index in [2.05, 4.69) is 15.6 Å². The third-order valence-corrected chi connectivity index (χ3v) is 6.46. The largest absolute Gasteiger partial charge is 0.511 e. The Balaban J connectivity index is 1.78. The number of hydrogen-bond donors (Lipinski definition) is 2. The molecule has 0 spiro atoms. The van der Waals surface area contributed by atoms with Gasteiger partial charge in [-0.2, -0.15) is 17.5 Å². The molecule has 25 heavy (non-hydrogen) atoms. The molecular weight excluding hydrogens is 377 g/mol. The number of piperidine rings is 1. The van der Waals surface area contributed by atoms with E-state index in [1.54, 1.807) is 18.4 Å². The lowest BCUT2D eigenvalue weighted by molar-refractivity contribution is -0.0494. The minimum atomic E-state index is -5.24. The van der Waals surface area contributed by atoms with Crippen LogP contribution in [0, 0.1) is 0 Å². The van der Waals surface area contributed by atoms with Gasteiger partial charge >= 0.3 is 15.5 Å². The number of thiophene rings is 1. The fourth-order valence-electron chi connectivity index (χ4n) is 2.53. The monoisotopic (exact) mass is 398 g/mol. The average molecular weight is 398 g/mol. The van der Waals surface area contributed by atoms with Crippen LogP contribution in [-0.4, -0.2) is 56.9 Å². The van der Waals surface area contributed by atoms with Gasteiger partial charge in [-0.3, -0.25) is 4.99 Å². The lowest BCUT2D eigenvalue weighted by atomic mass is 10.1. The van der Waals surface area contributed by atoms with Gasteiger partial charge in [-0.05, 0) is 30.7 Å². The van der Waals surface area contributed by atoms with Crippen LogP contribution in [0.1, 0.15) is 17.7 Å². The quantitative estimate of drug-likeness (QED) is 0.586. The Morgan fingerprint density at radius 1 is 1.40 bits per heavy atom. The minimum absolute atomic E-state index is 0.118. The Bertz CT molecular complexity index is 667. The molecular formula is C14H21F3N4O2S2. The number of nitrogens with one attached hydrogen (secondary N) is 2. The van der Waals surface area contributed by atoms with E-state index in [-0.39, 0.29) is 19.1 Å². The molecule has 1 aromatic rings. The summed E-state index contributed by atoms with van der Waals surface area (Å²) in [5.74, 6) is 0.564. The molecule has 0 aromatic carbocycles. The molecule has 1 fully saturated rings. The predicted molar refractivity (Wildman–Crippen MR) is 92.1 cm³/mol. The number of alkyl halides is 3. The first kappa shape index (κ1) is 20.0. The molecule has 1 aliphatic rings. The van der Waals surface area contributed by atoms with E-state index in [9.17, 15) is 21.6 Å². The molecule has 0 unspecified atom stereocenters. The van der Waals surface area contributed by atoms with E-state index in [1.807, 2.05) is 17.5 Å². The molecule has 142 valence electrons. The Labute approximate surface area is 149 Å². The molecule has 1 aliphatic heterocycles. The molecule has 1 aromatic heterocycles. The minimum Gasteiger partial charge on any atom is -0.356 e. The summed E-state index contributed by atoms with van der Waals surface area (Å²) in [6, 6.07) is 3.91. The van der Waals surface area contributed by atoms with E-state index >= 15 is 0 Å². The van der Waals surface area contributed by atoms with Crippen LogP contribution in [0.5, 0.6) is 0 Å². The first-order valence-electron chi connectivity index (χ1n) is 7.80.